The van der Waals surface area contributed by atoms with Gasteiger partial charge in [0.15, 0.2) is 5.69 Å². The molecule has 5 aromatic carbocycles. The normalized spacial score (nSPS) is 10.7. The summed E-state index contributed by atoms with van der Waals surface area (Å²) in [6, 6.07) is 43.5. The molecule has 0 spiro atoms. The lowest BCUT2D eigenvalue weighted by Gasteiger charge is -2.03. The van der Waals surface area contributed by atoms with Crippen molar-refractivity contribution in [3.63, 3.8) is 0 Å². The number of hydrogen-bond acceptors (Lipinski definition) is 2. The van der Waals surface area contributed by atoms with Crippen molar-refractivity contribution in [1.82, 2.24) is 15.0 Å². The fraction of sp³-hybridized carbons (Fsp3) is 0. The first kappa shape index (κ1) is 21.6. The zero-order chi connectivity index (χ0) is 22.0. The monoisotopic (exact) mass is 460 g/mol. The average Bonchev–Trinajstić information content (AvgIpc) is 3.35. The Bertz CT molecular complexity index is 1540. The van der Waals surface area contributed by atoms with Crippen molar-refractivity contribution < 1.29 is 17.2 Å². The van der Waals surface area contributed by atoms with Crippen LogP contribution >= 0.6 is 0 Å². The van der Waals surface area contributed by atoms with Gasteiger partial charge in [0, 0.05) is 4.80 Å². The number of fused-ring (bicyclic) bond motifs is 1. The molecule has 6 rings (SSSR count). The molecule has 0 bridgehead atoms. The van der Waals surface area contributed by atoms with Gasteiger partial charge >= 0.3 is 5.82 Å². The van der Waals surface area contributed by atoms with Gasteiger partial charge in [-0.05, 0) is 74.3 Å². The Balaban J connectivity index is 0.00000241. The summed E-state index contributed by atoms with van der Waals surface area (Å²) in [5.74, 6) is 0.683. The van der Waals surface area contributed by atoms with Crippen molar-refractivity contribution in [3.05, 3.63) is 127 Å². The first-order valence-corrected chi connectivity index (χ1v) is 11.0. The Hall–Kier alpha value is -4.28. The molecule has 0 saturated carbocycles. The minimum Gasteiger partial charge on any atom is -1.00 e. The Morgan fingerprint density at radius 3 is 1.94 bits per heavy atom. The van der Waals surface area contributed by atoms with Crippen molar-refractivity contribution in [2.24, 2.45) is 0 Å². The third-order valence-corrected chi connectivity index (χ3v) is 5.78. The minimum atomic E-state index is 0. The average molecular weight is 461 g/mol. The SMILES string of the molecule is [Cl-].c1ccc(-c2ccc(-[n+]3nc(-c4cccc5ccccc45)nn3-c3ccccc3)cc2)cc1. The lowest BCUT2D eigenvalue weighted by molar-refractivity contribution is -0.734. The zero-order valence-corrected chi connectivity index (χ0v) is 19.0. The van der Waals surface area contributed by atoms with Crippen LogP contribution in [0.2, 0.25) is 0 Å². The van der Waals surface area contributed by atoms with Crippen LogP contribution in [-0.4, -0.2) is 15.0 Å². The number of hydrogen-bond donors (Lipinski definition) is 0. The van der Waals surface area contributed by atoms with Gasteiger partial charge in [0.05, 0.1) is 10.7 Å². The maximum Gasteiger partial charge on any atom is 0.340 e. The van der Waals surface area contributed by atoms with Crippen LogP contribution in [0.1, 0.15) is 0 Å². The van der Waals surface area contributed by atoms with Crippen LogP contribution in [0, 0.1) is 0 Å². The molecule has 0 atom stereocenters. The fourth-order valence-corrected chi connectivity index (χ4v) is 4.13. The van der Waals surface area contributed by atoms with Gasteiger partial charge in [-0.1, -0.05) is 84.9 Å². The fourth-order valence-electron chi connectivity index (χ4n) is 4.13. The van der Waals surface area contributed by atoms with E-state index in [1.807, 2.05) is 46.0 Å². The molecule has 0 aliphatic rings. The van der Waals surface area contributed by atoms with E-state index >= 15 is 0 Å². The molecular formula is C29H21ClN4. The molecule has 0 aliphatic carbocycles. The second kappa shape index (κ2) is 9.30. The molecule has 0 radical (unpaired) electrons. The van der Waals surface area contributed by atoms with Gasteiger partial charge in [-0.25, -0.2) is 0 Å². The lowest BCUT2D eigenvalue weighted by atomic mass is 10.0. The van der Waals surface area contributed by atoms with Crippen LogP contribution < -0.4 is 17.2 Å². The van der Waals surface area contributed by atoms with Gasteiger partial charge in [-0.15, -0.1) is 0 Å². The van der Waals surface area contributed by atoms with E-state index in [4.69, 9.17) is 10.2 Å². The molecule has 0 unspecified atom stereocenters. The Labute approximate surface area is 204 Å². The van der Waals surface area contributed by atoms with Crippen LogP contribution in [0.4, 0.5) is 0 Å². The van der Waals surface area contributed by atoms with Crippen molar-refractivity contribution in [2.45, 2.75) is 0 Å². The number of aromatic nitrogens is 4. The maximum absolute atomic E-state index is 4.95. The van der Waals surface area contributed by atoms with Crippen LogP contribution in [0.25, 0.3) is 44.7 Å². The zero-order valence-electron chi connectivity index (χ0n) is 18.3. The van der Waals surface area contributed by atoms with Crippen LogP contribution in [0.5, 0.6) is 0 Å². The smallest absolute Gasteiger partial charge is 0.340 e. The molecule has 1 heterocycles. The van der Waals surface area contributed by atoms with Gasteiger partial charge in [-0.3, -0.25) is 0 Å². The van der Waals surface area contributed by atoms with Gasteiger partial charge in [-0.2, -0.15) is 0 Å². The molecule has 4 nitrogen and oxygen atoms in total. The highest BCUT2D eigenvalue weighted by Gasteiger charge is 2.24. The highest BCUT2D eigenvalue weighted by molar-refractivity contribution is 5.94. The van der Waals surface area contributed by atoms with Crippen molar-refractivity contribution in [1.29, 1.82) is 0 Å². The summed E-state index contributed by atoms with van der Waals surface area (Å²) in [5.41, 5.74) is 5.26. The van der Waals surface area contributed by atoms with E-state index in [0.717, 1.165) is 22.3 Å². The van der Waals surface area contributed by atoms with E-state index in [2.05, 4.69) is 91.0 Å². The maximum atomic E-state index is 4.95. The predicted molar refractivity (Wildman–Crippen MR) is 131 cm³/mol. The first-order valence-electron chi connectivity index (χ1n) is 11.0. The second-order valence-corrected chi connectivity index (χ2v) is 7.88. The Morgan fingerprint density at radius 1 is 0.559 bits per heavy atom. The summed E-state index contributed by atoms with van der Waals surface area (Å²) in [7, 11) is 0. The number of para-hydroxylation sites is 1. The molecule has 0 fully saturated rings. The number of halogens is 1. The lowest BCUT2D eigenvalue weighted by Crippen LogP contribution is -3.00. The summed E-state index contributed by atoms with van der Waals surface area (Å²) >= 11 is 0. The third kappa shape index (κ3) is 3.96. The summed E-state index contributed by atoms with van der Waals surface area (Å²) < 4.78 is 0. The van der Waals surface area contributed by atoms with Gasteiger partial charge in [0.1, 0.15) is 5.69 Å². The Kier molecular flexibility index (Phi) is 5.90. The highest BCUT2D eigenvalue weighted by atomic mass is 35.5. The first-order chi connectivity index (χ1) is 16.4. The van der Waals surface area contributed by atoms with E-state index in [0.29, 0.717) is 5.82 Å². The standard InChI is InChI=1S/C29H21N4.ClH/c1-3-10-22(11-4-1)23-18-20-26(21-19-23)33-31-29(30-32(33)25-14-5-2-6-15-25)28-17-9-13-24-12-7-8-16-27(24)28;/h1-21H;1H/q+1;/p-1. The van der Waals surface area contributed by atoms with Crippen molar-refractivity contribution >= 4 is 10.8 Å². The molecule has 34 heavy (non-hydrogen) atoms. The number of tetrazole rings is 1. The van der Waals surface area contributed by atoms with Crippen LogP contribution in [0.3, 0.4) is 0 Å². The van der Waals surface area contributed by atoms with Crippen molar-refractivity contribution in [2.75, 3.05) is 0 Å². The summed E-state index contributed by atoms with van der Waals surface area (Å²) in [6.45, 7) is 0. The quantitative estimate of drug-likeness (QED) is 0.379. The summed E-state index contributed by atoms with van der Waals surface area (Å²) in [4.78, 5) is 3.72. The number of benzene rings is 5. The molecule has 0 aliphatic heterocycles. The molecule has 164 valence electrons. The number of rotatable bonds is 4. The molecule has 6 aromatic rings. The largest absolute Gasteiger partial charge is 1.00 e. The van der Waals surface area contributed by atoms with Crippen molar-refractivity contribution in [3.8, 4) is 33.9 Å². The molecule has 1 aromatic heterocycles. The Morgan fingerprint density at radius 2 is 1.18 bits per heavy atom. The van der Waals surface area contributed by atoms with E-state index < -0.39 is 0 Å². The van der Waals surface area contributed by atoms with Gasteiger partial charge in [0.2, 0.25) is 0 Å². The molecule has 0 amide bonds. The van der Waals surface area contributed by atoms with E-state index in [-0.39, 0.29) is 12.4 Å². The predicted octanol–water partition coefficient (Wildman–Crippen LogP) is 3.04. The van der Waals surface area contributed by atoms with Crippen LogP contribution in [0.15, 0.2) is 127 Å². The molecule has 5 heteroatoms. The van der Waals surface area contributed by atoms with E-state index in [1.54, 1.807) is 0 Å². The third-order valence-electron chi connectivity index (χ3n) is 5.78. The van der Waals surface area contributed by atoms with Gasteiger partial charge in [0.25, 0.3) is 0 Å². The van der Waals surface area contributed by atoms with Gasteiger partial charge < -0.3 is 12.4 Å². The topological polar surface area (TPSA) is 34.6 Å². The molecule has 0 N–H and O–H groups in total. The molecule has 0 saturated heterocycles. The van der Waals surface area contributed by atoms with Crippen LogP contribution in [-0.2, 0) is 0 Å². The van der Waals surface area contributed by atoms with E-state index in [9.17, 15) is 0 Å². The minimum absolute atomic E-state index is 0. The second-order valence-electron chi connectivity index (χ2n) is 7.88. The summed E-state index contributed by atoms with van der Waals surface area (Å²) in [5, 5.41) is 12.2. The molecular weight excluding hydrogens is 440 g/mol. The summed E-state index contributed by atoms with van der Waals surface area (Å²) in [6.07, 6.45) is 0. The highest BCUT2D eigenvalue weighted by Crippen LogP contribution is 2.26. The number of nitrogens with zero attached hydrogens (tertiary/aromatic N) is 4. The van der Waals surface area contributed by atoms with E-state index in [1.165, 1.54) is 16.5 Å².